The van der Waals surface area contributed by atoms with E-state index in [0.717, 1.165) is 12.3 Å². The molecule has 1 aromatic heterocycles. The Morgan fingerprint density at radius 2 is 1.96 bits per heavy atom. The molecule has 1 saturated carbocycles. The largest absolute Gasteiger partial charge is 0.489 e. The van der Waals surface area contributed by atoms with Gasteiger partial charge in [-0.3, -0.25) is 9.36 Å². The van der Waals surface area contributed by atoms with E-state index < -0.39 is 0 Å². The zero-order valence-electron chi connectivity index (χ0n) is 13.7. The molecule has 5 heteroatoms. The van der Waals surface area contributed by atoms with Gasteiger partial charge in [-0.25, -0.2) is 0 Å². The lowest BCUT2D eigenvalue weighted by atomic mass is 9.84. The van der Waals surface area contributed by atoms with Crippen LogP contribution in [0.3, 0.4) is 0 Å². The highest BCUT2D eigenvalue weighted by Crippen LogP contribution is 2.33. The van der Waals surface area contributed by atoms with Crippen LogP contribution in [0.1, 0.15) is 49.1 Å². The average molecular weight is 326 g/mol. The van der Waals surface area contributed by atoms with Gasteiger partial charge in [0.15, 0.2) is 0 Å². The Morgan fingerprint density at radius 3 is 2.75 bits per heavy atom. The molecule has 2 aliphatic rings. The van der Waals surface area contributed by atoms with Crippen LogP contribution in [0.15, 0.2) is 35.3 Å². The van der Waals surface area contributed by atoms with Crippen LogP contribution in [0.4, 0.5) is 0 Å². The lowest BCUT2D eigenvalue weighted by Crippen LogP contribution is -2.17. The zero-order chi connectivity index (χ0) is 16.4. The summed E-state index contributed by atoms with van der Waals surface area (Å²) in [7, 11) is 0. The van der Waals surface area contributed by atoms with Crippen LogP contribution in [0.2, 0.25) is 0 Å². The molecule has 24 heavy (non-hydrogen) atoms. The van der Waals surface area contributed by atoms with Crippen molar-refractivity contribution in [2.24, 2.45) is 0 Å². The highest BCUT2D eigenvalue weighted by atomic mass is 16.5. The lowest BCUT2D eigenvalue weighted by Gasteiger charge is -2.22. The predicted molar refractivity (Wildman–Crippen MR) is 90.6 cm³/mol. The van der Waals surface area contributed by atoms with Crippen LogP contribution in [-0.2, 0) is 13.2 Å². The topological polar surface area (TPSA) is 53.4 Å². The van der Waals surface area contributed by atoms with Gasteiger partial charge in [-0.05, 0) is 36.5 Å². The summed E-state index contributed by atoms with van der Waals surface area (Å²) in [4.78, 5) is 15.9. The summed E-state index contributed by atoms with van der Waals surface area (Å²) < 4.78 is 12.9. The number of rotatable bonds is 4. The first kappa shape index (κ1) is 15.2. The van der Waals surface area contributed by atoms with Crippen LogP contribution in [0, 0.1) is 0 Å². The van der Waals surface area contributed by atoms with Gasteiger partial charge in [-0.2, -0.15) is 4.98 Å². The summed E-state index contributed by atoms with van der Waals surface area (Å²) in [6, 6.07) is 8.73. The molecule has 2 heterocycles. The van der Waals surface area contributed by atoms with Gasteiger partial charge in [0.1, 0.15) is 19.0 Å². The van der Waals surface area contributed by atoms with Crippen LogP contribution in [-0.4, -0.2) is 16.2 Å². The summed E-state index contributed by atoms with van der Waals surface area (Å²) in [5.41, 5.74) is 1.68. The van der Waals surface area contributed by atoms with Crippen molar-refractivity contribution < 1.29 is 9.47 Å². The Morgan fingerprint density at radius 1 is 1.17 bits per heavy atom. The highest BCUT2D eigenvalue weighted by molar-refractivity contribution is 5.30. The van der Waals surface area contributed by atoms with Gasteiger partial charge < -0.3 is 9.47 Å². The van der Waals surface area contributed by atoms with Crippen molar-refractivity contribution in [3.63, 3.8) is 0 Å². The first-order valence-corrected chi connectivity index (χ1v) is 8.75. The standard InChI is InChI=1S/C19H22N2O3/c22-18-16(12-21-10-11-23-19(21)20-18)13-24-17-8-6-15(7-9-17)14-4-2-1-3-5-14/h6-9,12,14H,1-5,10-11,13H2. The second-order valence-electron chi connectivity index (χ2n) is 6.59. The maximum atomic E-state index is 12.0. The van der Waals surface area contributed by atoms with Gasteiger partial charge >= 0.3 is 0 Å². The fourth-order valence-electron chi connectivity index (χ4n) is 3.56. The normalized spacial score (nSPS) is 17.3. The summed E-state index contributed by atoms with van der Waals surface area (Å²) in [5, 5.41) is 0. The summed E-state index contributed by atoms with van der Waals surface area (Å²) in [5.74, 6) is 1.48. The van der Waals surface area contributed by atoms with Gasteiger partial charge in [0.05, 0.1) is 12.1 Å². The molecule has 1 fully saturated rings. The van der Waals surface area contributed by atoms with Crippen molar-refractivity contribution in [3.8, 4) is 11.8 Å². The third-order valence-corrected chi connectivity index (χ3v) is 4.94. The van der Waals surface area contributed by atoms with E-state index in [0.29, 0.717) is 24.1 Å². The number of benzene rings is 1. The molecule has 0 unspecified atom stereocenters. The third kappa shape index (κ3) is 3.16. The maximum Gasteiger partial charge on any atom is 0.299 e. The van der Waals surface area contributed by atoms with Gasteiger partial charge in [-0.1, -0.05) is 31.4 Å². The van der Waals surface area contributed by atoms with Crippen molar-refractivity contribution in [3.05, 3.63) is 51.9 Å². The molecule has 0 saturated heterocycles. The Labute approximate surface area is 141 Å². The quantitative estimate of drug-likeness (QED) is 0.865. The number of aromatic nitrogens is 2. The van der Waals surface area contributed by atoms with Crippen LogP contribution in [0.25, 0.3) is 0 Å². The Kier molecular flexibility index (Phi) is 4.24. The summed E-state index contributed by atoms with van der Waals surface area (Å²) in [6.07, 6.45) is 8.41. The van der Waals surface area contributed by atoms with E-state index in [4.69, 9.17) is 9.47 Å². The molecule has 5 nitrogen and oxygen atoms in total. The number of fused-ring (bicyclic) bond motifs is 1. The van der Waals surface area contributed by atoms with E-state index >= 15 is 0 Å². The number of ether oxygens (including phenoxy) is 2. The Bertz CT molecular complexity index is 761. The minimum atomic E-state index is -0.276. The SMILES string of the molecule is O=c1nc2n(cc1COc1ccc(C3CCCCC3)cc1)CCO2. The molecule has 0 bridgehead atoms. The minimum Gasteiger partial charge on any atom is -0.489 e. The molecular weight excluding hydrogens is 304 g/mol. The second kappa shape index (κ2) is 6.67. The van der Waals surface area contributed by atoms with Gasteiger partial charge in [0.2, 0.25) is 0 Å². The van der Waals surface area contributed by atoms with Crippen molar-refractivity contribution in [2.45, 2.75) is 51.2 Å². The van der Waals surface area contributed by atoms with Crippen LogP contribution in [0.5, 0.6) is 11.8 Å². The van der Waals surface area contributed by atoms with E-state index in [2.05, 4.69) is 17.1 Å². The number of nitrogens with zero attached hydrogens (tertiary/aromatic N) is 2. The van der Waals surface area contributed by atoms with Gasteiger partial charge in [-0.15, -0.1) is 0 Å². The molecule has 0 radical (unpaired) electrons. The first-order valence-electron chi connectivity index (χ1n) is 8.75. The maximum absolute atomic E-state index is 12.0. The minimum absolute atomic E-state index is 0.231. The van der Waals surface area contributed by atoms with Crippen molar-refractivity contribution >= 4 is 0 Å². The monoisotopic (exact) mass is 326 g/mol. The van der Waals surface area contributed by atoms with E-state index in [1.54, 1.807) is 6.20 Å². The molecular formula is C19H22N2O3. The van der Waals surface area contributed by atoms with Gasteiger partial charge in [0, 0.05) is 6.20 Å². The molecule has 0 atom stereocenters. The third-order valence-electron chi connectivity index (χ3n) is 4.94. The Balaban J connectivity index is 1.42. The van der Waals surface area contributed by atoms with Crippen molar-refractivity contribution in [1.29, 1.82) is 0 Å². The molecule has 0 amide bonds. The number of hydrogen-bond acceptors (Lipinski definition) is 4. The van der Waals surface area contributed by atoms with Gasteiger partial charge in [0.25, 0.3) is 11.6 Å². The van der Waals surface area contributed by atoms with Crippen molar-refractivity contribution in [2.75, 3.05) is 6.61 Å². The van der Waals surface area contributed by atoms with E-state index in [1.807, 2.05) is 16.7 Å². The zero-order valence-corrected chi connectivity index (χ0v) is 13.7. The molecule has 0 spiro atoms. The predicted octanol–water partition coefficient (Wildman–Crippen LogP) is 3.26. The fourth-order valence-corrected chi connectivity index (χ4v) is 3.56. The van der Waals surface area contributed by atoms with Crippen molar-refractivity contribution in [1.82, 2.24) is 9.55 Å². The molecule has 2 aromatic rings. The molecule has 1 aliphatic heterocycles. The van der Waals surface area contributed by atoms with E-state index in [-0.39, 0.29) is 12.2 Å². The van der Waals surface area contributed by atoms with Crippen LogP contribution < -0.4 is 15.0 Å². The van der Waals surface area contributed by atoms with E-state index in [1.165, 1.54) is 37.7 Å². The highest BCUT2D eigenvalue weighted by Gasteiger charge is 2.16. The molecule has 1 aliphatic carbocycles. The lowest BCUT2D eigenvalue weighted by molar-refractivity contribution is 0.302. The second-order valence-corrected chi connectivity index (χ2v) is 6.59. The number of hydrogen-bond donors (Lipinski definition) is 0. The molecule has 126 valence electrons. The first-order chi connectivity index (χ1) is 11.8. The summed E-state index contributed by atoms with van der Waals surface area (Å²) >= 11 is 0. The summed E-state index contributed by atoms with van der Waals surface area (Å²) in [6.45, 7) is 1.53. The van der Waals surface area contributed by atoms with E-state index in [9.17, 15) is 4.79 Å². The smallest absolute Gasteiger partial charge is 0.299 e. The molecule has 4 rings (SSSR count). The average Bonchev–Trinajstić information content (AvgIpc) is 3.08. The fraction of sp³-hybridized carbons (Fsp3) is 0.474. The molecule has 0 N–H and O–H groups in total. The van der Waals surface area contributed by atoms with Crippen LogP contribution >= 0.6 is 0 Å². The Hall–Kier alpha value is -2.30. The molecule has 1 aromatic carbocycles.